The third-order valence-electron chi connectivity index (χ3n) is 1.36. The number of hydrogen-bond acceptors (Lipinski definition) is 3. The molecule has 0 unspecified atom stereocenters. The van der Waals surface area contributed by atoms with Gasteiger partial charge in [0.05, 0.1) is 12.2 Å². The molecule has 4 heteroatoms. The third kappa shape index (κ3) is 2.57. The van der Waals surface area contributed by atoms with Gasteiger partial charge < -0.3 is 0 Å². The van der Waals surface area contributed by atoms with Gasteiger partial charge in [0.15, 0.2) is 0 Å². The average molecular weight is 227 g/mol. The van der Waals surface area contributed by atoms with Crippen LogP contribution in [0.3, 0.4) is 0 Å². The molecule has 0 amide bonds. The first-order chi connectivity index (χ1) is 5.84. The van der Waals surface area contributed by atoms with E-state index in [-0.39, 0.29) is 0 Å². The van der Waals surface area contributed by atoms with E-state index in [9.17, 15) is 4.79 Å². The molecule has 0 atom stereocenters. The zero-order valence-corrected chi connectivity index (χ0v) is 7.91. The lowest BCUT2D eigenvalue weighted by molar-refractivity contribution is 0.563. The minimum absolute atomic E-state index is 0.444. The summed E-state index contributed by atoms with van der Waals surface area (Å²) < 4.78 is 0.950. The van der Waals surface area contributed by atoms with Gasteiger partial charge in [-0.2, -0.15) is 0 Å². The van der Waals surface area contributed by atoms with Gasteiger partial charge in [0.1, 0.15) is 0 Å². The third-order valence-corrected chi connectivity index (χ3v) is 2.08. The second kappa shape index (κ2) is 4.80. The summed E-state index contributed by atoms with van der Waals surface area (Å²) in [6.07, 6.45) is 3.87. The Morgan fingerprint density at radius 2 is 2.50 bits per heavy atom. The fraction of sp³-hybridized carbons (Fsp3) is 0.250. The molecule has 3 nitrogen and oxygen atoms in total. The predicted molar refractivity (Wildman–Crippen MR) is 48.6 cm³/mol. The summed E-state index contributed by atoms with van der Waals surface area (Å²) in [5, 5.41) is 0. The van der Waals surface area contributed by atoms with E-state index in [1.807, 2.05) is 12.1 Å². The molecule has 0 aliphatic carbocycles. The van der Waals surface area contributed by atoms with Gasteiger partial charge in [0.25, 0.3) is 0 Å². The second-order valence-electron chi connectivity index (χ2n) is 2.15. The van der Waals surface area contributed by atoms with Crippen LogP contribution in [0, 0.1) is 0 Å². The van der Waals surface area contributed by atoms with E-state index in [2.05, 4.69) is 25.9 Å². The predicted octanol–water partition coefficient (Wildman–Crippen LogP) is 1.72. The Balaban J connectivity index is 2.62. The van der Waals surface area contributed by atoms with Crippen molar-refractivity contribution >= 4 is 22.0 Å². The second-order valence-corrected chi connectivity index (χ2v) is 3.01. The van der Waals surface area contributed by atoms with Crippen molar-refractivity contribution in [3.63, 3.8) is 0 Å². The van der Waals surface area contributed by atoms with Crippen molar-refractivity contribution in [2.75, 3.05) is 6.54 Å². The molecule has 0 fully saturated rings. The molecular weight excluding hydrogens is 220 g/mol. The first kappa shape index (κ1) is 9.10. The number of isocyanates is 1. The maximum absolute atomic E-state index is 9.76. The van der Waals surface area contributed by atoms with E-state index in [0.29, 0.717) is 13.0 Å². The first-order valence-corrected chi connectivity index (χ1v) is 4.27. The van der Waals surface area contributed by atoms with Gasteiger partial charge in [0, 0.05) is 17.1 Å². The molecule has 0 bridgehead atoms. The van der Waals surface area contributed by atoms with Crippen molar-refractivity contribution < 1.29 is 4.79 Å². The Morgan fingerprint density at radius 1 is 1.67 bits per heavy atom. The van der Waals surface area contributed by atoms with Crippen molar-refractivity contribution in [3.05, 3.63) is 28.5 Å². The summed E-state index contributed by atoms with van der Waals surface area (Å²) >= 11 is 3.35. The molecule has 0 N–H and O–H groups in total. The Bertz CT molecular complexity index is 308. The van der Waals surface area contributed by atoms with E-state index >= 15 is 0 Å². The van der Waals surface area contributed by atoms with Crippen LogP contribution in [0.4, 0.5) is 0 Å². The standard InChI is InChI=1S/C8H7BrN2O/c9-7-2-1-4-11-8(7)3-5-10-6-12/h1-2,4H,3,5H2. The average Bonchev–Trinajstić information content (AvgIpc) is 2.09. The number of pyridine rings is 1. The molecule has 0 aliphatic heterocycles. The number of nitrogens with zero attached hydrogens (tertiary/aromatic N) is 2. The lowest BCUT2D eigenvalue weighted by Crippen LogP contribution is -1.93. The minimum Gasteiger partial charge on any atom is -0.260 e. The van der Waals surface area contributed by atoms with Crippen molar-refractivity contribution in [1.29, 1.82) is 0 Å². The molecule has 1 aromatic rings. The van der Waals surface area contributed by atoms with Gasteiger partial charge in [-0.1, -0.05) is 0 Å². The van der Waals surface area contributed by atoms with E-state index in [0.717, 1.165) is 10.2 Å². The number of halogens is 1. The molecule has 1 rings (SSSR count). The highest BCUT2D eigenvalue weighted by Crippen LogP contribution is 2.13. The summed E-state index contributed by atoms with van der Waals surface area (Å²) in [6.45, 7) is 0.444. The molecule has 0 aromatic carbocycles. The summed E-state index contributed by atoms with van der Waals surface area (Å²) in [5.41, 5.74) is 0.913. The molecule has 1 aromatic heterocycles. The quantitative estimate of drug-likeness (QED) is 0.582. The lowest BCUT2D eigenvalue weighted by atomic mass is 10.3. The minimum atomic E-state index is 0.444. The number of aromatic nitrogens is 1. The van der Waals surface area contributed by atoms with Crippen LogP contribution < -0.4 is 0 Å². The zero-order chi connectivity index (χ0) is 8.81. The maximum Gasteiger partial charge on any atom is 0.234 e. The highest BCUT2D eigenvalue weighted by molar-refractivity contribution is 9.10. The molecule has 0 radical (unpaired) electrons. The molecule has 0 spiro atoms. The maximum atomic E-state index is 9.76. The van der Waals surface area contributed by atoms with Gasteiger partial charge in [-0.05, 0) is 28.1 Å². The van der Waals surface area contributed by atoms with E-state index in [1.54, 1.807) is 6.20 Å². The van der Waals surface area contributed by atoms with Crippen molar-refractivity contribution in [3.8, 4) is 0 Å². The number of aliphatic imine (C=N–C) groups is 1. The van der Waals surface area contributed by atoms with Gasteiger partial charge in [-0.3, -0.25) is 4.98 Å². The first-order valence-electron chi connectivity index (χ1n) is 3.47. The summed E-state index contributed by atoms with van der Waals surface area (Å²) in [6, 6.07) is 3.75. The van der Waals surface area contributed by atoms with Crippen LogP contribution in [0.5, 0.6) is 0 Å². The number of carbonyl (C=O) groups excluding carboxylic acids is 1. The molecule has 0 aliphatic rings. The van der Waals surface area contributed by atoms with Crippen molar-refractivity contribution in [2.45, 2.75) is 6.42 Å². The van der Waals surface area contributed by atoms with Gasteiger partial charge in [-0.15, -0.1) is 0 Å². The summed E-state index contributed by atoms with van der Waals surface area (Å²) in [4.78, 5) is 17.3. The van der Waals surface area contributed by atoms with Gasteiger partial charge >= 0.3 is 0 Å². The van der Waals surface area contributed by atoms with Gasteiger partial charge in [-0.25, -0.2) is 9.79 Å². The molecule has 0 saturated carbocycles. The highest BCUT2D eigenvalue weighted by atomic mass is 79.9. The monoisotopic (exact) mass is 226 g/mol. The highest BCUT2D eigenvalue weighted by Gasteiger charge is 1.97. The molecule has 12 heavy (non-hydrogen) atoms. The lowest BCUT2D eigenvalue weighted by Gasteiger charge is -1.98. The van der Waals surface area contributed by atoms with E-state index in [4.69, 9.17) is 0 Å². The van der Waals surface area contributed by atoms with Crippen molar-refractivity contribution in [1.82, 2.24) is 4.98 Å². The normalized spacial score (nSPS) is 9.08. The smallest absolute Gasteiger partial charge is 0.234 e. The molecular formula is C8H7BrN2O. The zero-order valence-electron chi connectivity index (χ0n) is 6.33. The van der Waals surface area contributed by atoms with Crippen LogP contribution in [0.2, 0.25) is 0 Å². The Labute approximate surface area is 78.7 Å². The number of hydrogen-bond donors (Lipinski definition) is 0. The van der Waals surface area contributed by atoms with Crippen LogP contribution in [0.1, 0.15) is 5.69 Å². The Kier molecular flexibility index (Phi) is 3.64. The molecule has 0 saturated heterocycles. The SMILES string of the molecule is O=C=NCCc1ncccc1Br. The molecule has 1 heterocycles. The van der Waals surface area contributed by atoms with Crippen LogP contribution in [-0.4, -0.2) is 17.6 Å². The van der Waals surface area contributed by atoms with Gasteiger partial charge in [0.2, 0.25) is 6.08 Å². The van der Waals surface area contributed by atoms with Crippen LogP contribution >= 0.6 is 15.9 Å². The van der Waals surface area contributed by atoms with E-state index < -0.39 is 0 Å². The largest absolute Gasteiger partial charge is 0.260 e. The van der Waals surface area contributed by atoms with Crippen molar-refractivity contribution in [2.24, 2.45) is 4.99 Å². The summed E-state index contributed by atoms with van der Waals surface area (Å²) in [7, 11) is 0. The topological polar surface area (TPSA) is 42.3 Å². The fourth-order valence-corrected chi connectivity index (χ4v) is 1.26. The molecule has 62 valence electrons. The fourth-order valence-electron chi connectivity index (χ4n) is 0.810. The summed E-state index contributed by atoms with van der Waals surface area (Å²) in [5.74, 6) is 0. The Hall–Kier alpha value is -0.990. The number of rotatable bonds is 3. The van der Waals surface area contributed by atoms with Crippen LogP contribution in [0.15, 0.2) is 27.8 Å². The van der Waals surface area contributed by atoms with Crippen LogP contribution in [0.25, 0.3) is 0 Å². The Morgan fingerprint density at radius 3 is 3.17 bits per heavy atom. The van der Waals surface area contributed by atoms with E-state index in [1.165, 1.54) is 6.08 Å². The van der Waals surface area contributed by atoms with Crippen LogP contribution in [-0.2, 0) is 11.2 Å².